The van der Waals surface area contributed by atoms with Crippen molar-refractivity contribution in [2.75, 3.05) is 14.2 Å². The molecule has 3 N–H and O–H groups in total. The molecule has 0 spiro atoms. The molecule has 0 bridgehead atoms. The van der Waals surface area contributed by atoms with Gasteiger partial charge >= 0.3 is 12.0 Å². The van der Waals surface area contributed by atoms with Gasteiger partial charge in [-0.25, -0.2) is 9.59 Å². The second-order valence-electron chi connectivity index (χ2n) is 5.22. The van der Waals surface area contributed by atoms with E-state index in [1.807, 2.05) is 6.92 Å². The minimum absolute atomic E-state index is 0.153. The number of hydrogen-bond donors (Lipinski definition) is 3. The molecule has 2 atom stereocenters. The van der Waals surface area contributed by atoms with Gasteiger partial charge in [0.15, 0.2) is 11.5 Å². The van der Waals surface area contributed by atoms with E-state index in [1.165, 1.54) is 7.11 Å². The van der Waals surface area contributed by atoms with Crippen LogP contribution >= 0.6 is 0 Å². The SMILES string of the molecule is CC[C@@H](C)[C@H](NC(=O)NCc1ccc(OC)c(OC)c1)C(=O)O. The van der Waals surface area contributed by atoms with Crippen LogP contribution in [0.25, 0.3) is 0 Å². The van der Waals surface area contributed by atoms with Gasteiger partial charge in [0.2, 0.25) is 0 Å². The van der Waals surface area contributed by atoms with Crippen LogP contribution in [0.4, 0.5) is 4.79 Å². The Morgan fingerprint density at radius 1 is 1.22 bits per heavy atom. The average Bonchev–Trinajstić information content (AvgIpc) is 2.56. The van der Waals surface area contributed by atoms with Crippen molar-refractivity contribution in [2.24, 2.45) is 5.92 Å². The topological polar surface area (TPSA) is 96.9 Å². The molecule has 1 rings (SSSR count). The summed E-state index contributed by atoms with van der Waals surface area (Å²) < 4.78 is 10.3. The largest absolute Gasteiger partial charge is 0.493 e. The van der Waals surface area contributed by atoms with Crippen molar-refractivity contribution < 1.29 is 24.2 Å². The lowest BCUT2D eigenvalue weighted by atomic mass is 9.99. The molecular formula is C16H24N2O5. The first-order valence-corrected chi connectivity index (χ1v) is 7.41. The molecule has 0 saturated heterocycles. The molecule has 0 heterocycles. The van der Waals surface area contributed by atoms with E-state index in [1.54, 1.807) is 32.2 Å². The summed E-state index contributed by atoms with van der Waals surface area (Å²) in [5.41, 5.74) is 0.813. The number of methoxy groups -OCH3 is 2. The number of carbonyl (C=O) groups is 2. The maximum atomic E-state index is 11.9. The highest BCUT2D eigenvalue weighted by Gasteiger charge is 2.25. The molecule has 0 aromatic heterocycles. The van der Waals surface area contributed by atoms with E-state index in [0.29, 0.717) is 17.9 Å². The molecule has 0 fully saturated rings. The van der Waals surface area contributed by atoms with Crippen LogP contribution in [0.15, 0.2) is 18.2 Å². The van der Waals surface area contributed by atoms with Crippen LogP contribution in [-0.4, -0.2) is 37.4 Å². The number of aliphatic carboxylic acids is 1. The third-order valence-electron chi connectivity index (χ3n) is 3.67. The number of rotatable bonds is 8. The number of nitrogens with one attached hydrogen (secondary N) is 2. The number of ether oxygens (including phenoxy) is 2. The molecule has 7 heteroatoms. The van der Waals surface area contributed by atoms with Crippen molar-refractivity contribution in [1.82, 2.24) is 10.6 Å². The van der Waals surface area contributed by atoms with Crippen molar-refractivity contribution in [3.05, 3.63) is 23.8 Å². The van der Waals surface area contributed by atoms with E-state index in [2.05, 4.69) is 10.6 Å². The lowest BCUT2D eigenvalue weighted by molar-refractivity contribution is -0.140. The maximum absolute atomic E-state index is 11.9. The van der Waals surface area contributed by atoms with Gasteiger partial charge in [-0.2, -0.15) is 0 Å². The Morgan fingerprint density at radius 2 is 1.87 bits per heavy atom. The lowest BCUT2D eigenvalue weighted by Gasteiger charge is -2.20. The minimum Gasteiger partial charge on any atom is -0.493 e. The van der Waals surface area contributed by atoms with Crippen molar-refractivity contribution in [1.29, 1.82) is 0 Å². The van der Waals surface area contributed by atoms with Crippen LogP contribution in [0.1, 0.15) is 25.8 Å². The summed E-state index contributed by atoms with van der Waals surface area (Å²) in [6.07, 6.45) is 0.660. The smallest absolute Gasteiger partial charge is 0.326 e. The Balaban J connectivity index is 2.63. The van der Waals surface area contributed by atoms with Gasteiger partial charge in [0.25, 0.3) is 0 Å². The molecule has 1 aromatic carbocycles. The summed E-state index contributed by atoms with van der Waals surface area (Å²) in [5.74, 6) is -0.0291. The van der Waals surface area contributed by atoms with Crippen LogP contribution < -0.4 is 20.1 Å². The van der Waals surface area contributed by atoms with E-state index in [0.717, 1.165) is 5.56 Å². The van der Waals surface area contributed by atoms with E-state index in [-0.39, 0.29) is 12.5 Å². The Bertz CT molecular complexity index is 547. The molecule has 128 valence electrons. The first-order chi connectivity index (χ1) is 10.9. The molecule has 0 aliphatic rings. The zero-order chi connectivity index (χ0) is 17.4. The van der Waals surface area contributed by atoms with E-state index >= 15 is 0 Å². The standard InChI is InChI=1S/C16H24N2O5/c1-5-10(2)14(15(19)20)18-16(21)17-9-11-6-7-12(22-3)13(8-11)23-4/h6-8,10,14H,5,9H2,1-4H3,(H,19,20)(H2,17,18,21)/t10-,14+/m1/s1. The van der Waals surface area contributed by atoms with Gasteiger partial charge < -0.3 is 25.2 Å². The van der Waals surface area contributed by atoms with Crippen LogP contribution in [0, 0.1) is 5.92 Å². The van der Waals surface area contributed by atoms with Gasteiger partial charge in [0.1, 0.15) is 6.04 Å². The van der Waals surface area contributed by atoms with Gasteiger partial charge in [-0.05, 0) is 23.6 Å². The molecule has 0 radical (unpaired) electrons. The highest BCUT2D eigenvalue weighted by Crippen LogP contribution is 2.27. The third kappa shape index (κ3) is 5.36. The van der Waals surface area contributed by atoms with Crippen molar-refractivity contribution >= 4 is 12.0 Å². The van der Waals surface area contributed by atoms with E-state index in [9.17, 15) is 9.59 Å². The van der Waals surface area contributed by atoms with Crippen molar-refractivity contribution in [2.45, 2.75) is 32.9 Å². The number of carboxylic acids is 1. The quantitative estimate of drug-likeness (QED) is 0.679. The van der Waals surface area contributed by atoms with Gasteiger partial charge in [0.05, 0.1) is 14.2 Å². The molecule has 0 aliphatic carbocycles. The van der Waals surface area contributed by atoms with Gasteiger partial charge in [-0.15, -0.1) is 0 Å². The average molecular weight is 324 g/mol. The fraction of sp³-hybridized carbons (Fsp3) is 0.500. The zero-order valence-corrected chi connectivity index (χ0v) is 13.9. The Kier molecular flexibility index (Phi) is 7.18. The first-order valence-electron chi connectivity index (χ1n) is 7.41. The Morgan fingerprint density at radius 3 is 2.39 bits per heavy atom. The third-order valence-corrected chi connectivity index (χ3v) is 3.67. The number of urea groups is 1. The maximum Gasteiger partial charge on any atom is 0.326 e. The normalized spacial score (nSPS) is 12.9. The fourth-order valence-electron chi connectivity index (χ4n) is 2.05. The van der Waals surface area contributed by atoms with E-state index in [4.69, 9.17) is 14.6 Å². The van der Waals surface area contributed by atoms with E-state index < -0.39 is 18.0 Å². The summed E-state index contributed by atoms with van der Waals surface area (Å²) >= 11 is 0. The van der Waals surface area contributed by atoms with Crippen molar-refractivity contribution in [3.8, 4) is 11.5 Å². The summed E-state index contributed by atoms with van der Waals surface area (Å²) in [5, 5.41) is 14.3. The van der Waals surface area contributed by atoms with Crippen LogP contribution in [0.3, 0.4) is 0 Å². The summed E-state index contributed by atoms with van der Waals surface area (Å²) in [4.78, 5) is 23.1. The highest BCUT2D eigenvalue weighted by molar-refractivity contribution is 5.82. The molecule has 0 unspecified atom stereocenters. The molecule has 2 amide bonds. The lowest BCUT2D eigenvalue weighted by Crippen LogP contribution is -2.48. The summed E-state index contributed by atoms with van der Waals surface area (Å²) in [7, 11) is 3.08. The van der Waals surface area contributed by atoms with Gasteiger partial charge in [0, 0.05) is 6.54 Å². The molecule has 1 aromatic rings. The number of carboxylic acid groups (broad SMARTS) is 1. The Labute approximate surface area is 136 Å². The number of benzene rings is 1. The number of carbonyl (C=O) groups excluding carboxylic acids is 1. The predicted octanol–water partition coefficient (Wildman–Crippen LogP) is 2.00. The second kappa shape index (κ2) is 8.87. The van der Waals surface area contributed by atoms with Crippen molar-refractivity contribution in [3.63, 3.8) is 0 Å². The van der Waals surface area contributed by atoms with Crippen LogP contribution in [0.5, 0.6) is 11.5 Å². The fourth-order valence-corrected chi connectivity index (χ4v) is 2.05. The number of amides is 2. The minimum atomic E-state index is -1.04. The summed E-state index contributed by atoms with van der Waals surface area (Å²) in [6.45, 7) is 3.91. The molecule has 23 heavy (non-hydrogen) atoms. The molecule has 0 saturated carbocycles. The molecule has 0 aliphatic heterocycles. The second-order valence-corrected chi connectivity index (χ2v) is 5.22. The summed E-state index contributed by atoms with van der Waals surface area (Å²) in [6, 6.07) is 3.86. The van der Waals surface area contributed by atoms with Gasteiger partial charge in [-0.3, -0.25) is 0 Å². The zero-order valence-electron chi connectivity index (χ0n) is 13.9. The Hall–Kier alpha value is -2.44. The van der Waals surface area contributed by atoms with Crippen LogP contribution in [0.2, 0.25) is 0 Å². The highest BCUT2D eigenvalue weighted by atomic mass is 16.5. The number of hydrogen-bond acceptors (Lipinski definition) is 4. The van der Waals surface area contributed by atoms with Crippen LogP contribution in [-0.2, 0) is 11.3 Å². The molecule has 7 nitrogen and oxygen atoms in total. The van der Waals surface area contributed by atoms with Gasteiger partial charge in [-0.1, -0.05) is 26.3 Å². The predicted molar refractivity (Wildman–Crippen MR) is 85.8 cm³/mol. The molecular weight excluding hydrogens is 300 g/mol. The first kappa shape index (κ1) is 18.6. The monoisotopic (exact) mass is 324 g/mol.